The van der Waals surface area contributed by atoms with Gasteiger partial charge in [0, 0.05) is 5.41 Å². The predicted octanol–water partition coefficient (Wildman–Crippen LogP) is 6.51. The fraction of sp³-hybridized carbons (Fsp3) is 0.111. The van der Waals surface area contributed by atoms with Crippen LogP contribution in [0, 0.1) is 5.41 Å². The van der Waals surface area contributed by atoms with Crippen LogP contribution in [-0.4, -0.2) is 0 Å². The van der Waals surface area contributed by atoms with Crippen molar-refractivity contribution in [1.82, 2.24) is 0 Å². The Bertz CT molecular complexity index is 1220. The van der Waals surface area contributed by atoms with Crippen LogP contribution in [0.5, 0.6) is 0 Å². The van der Waals surface area contributed by atoms with Crippen molar-refractivity contribution in [3.8, 4) is 0 Å². The van der Waals surface area contributed by atoms with E-state index in [0.29, 0.717) is 0 Å². The second-order valence-electron chi connectivity index (χ2n) is 7.94. The van der Waals surface area contributed by atoms with E-state index in [1.165, 1.54) is 38.6 Å². The summed E-state index contributed by atoms with van der Waals surface area (Å²) in [6.45, 7) is 2.43. The van der Waals surface area contributed by atoms with Gasteiger partial charge >= 0.3 is 0 Å². The molecule has 0 N–H and O–H groups in total. The molecule has 4 aliphatic rings. The van der Waals surface area contributed by atoms with Crippen LogP contribution >= 0.6 is 0 Å². The highest BCUT2D eigenvalue weighted by molar-refractivity contribution is 5.90. The summed E-state index contributed by atoms with van der Waals surface area (Å²) in [4.78, 5) is 0. The lowest BCUT2D eigenvalue weighted by Crippen LogP contribution is -2.52. The number of benzene rings is 2. The quantitative estimate of drug-likeness (QED) is 0.553. The van der Waals surface area contributed by atoms with E-state index in [1.807, 2.05) is 0 Å². The van der Waals surface area contributed by atoms with Gasteiger partial charge in [0.1, 0.15) is 0 Å². The number of allylic oxidation sites excluding steroid dienone is 14. The van der Waals surface area contributed by atoms with Crippen LogP contribution in [0.25, 0.3) is 10.8 Å². The second kappa shape index (κ2) is 4.98. The fourth-order valence-electron chi connectivity index (χ4n) is 5.74. The fourth-order valence-corrected chi connectivity index (χ4v) is 5.74. The molecule has 0 bridgehead atoms. The number of hydrogen-bond acceptors (Lipinski definition) is 0. The molecule has 0 heterocycles. The zero-order valence-corrected chi connectivity index (χ0v) is 15.3. The SMILES string of the molecule is CC12C3=CC=CC1=CC=C1C=CC=C(C=C3)C12c1cccc2ccccc12. The van der Waals surface area contributed by atoms with Crippen molar-refractivity contribution < 1.29 is 0 Å². The first-order valence-corrected chi connectivity index (χ1v) is 9.63. The number of rotatable bonds is 1. The molecule has 4 aliphatic carbocycles. The van der Waals surface area contributed by atoms with Crippen molar-refractivity contribution in [3.63, 3.8) is 0 Å². The Morgan fingerprint density at radius 3 is 2.15 bits per heavy atom. The highest BCUT2D eigenvalue weighted by Gasteiger charge is 2.59. The lowest BCUT2D eigenvalue weighted by atomic mass is 9.44. The van der Waals surface area contributed by atoms with Crippen LogP contribution in [0.4, 0.5) is 0 Å². The molecule has 2 aromatic carbocycles. The topological polar surface area (TPSA) is 0 Å². The minimum Gasteiger partial charge on any atom is -0.0617 e. The lowest BCUT2D eigenvalue weighted by molar-refractivity contribution is 0.322. The summed E-state index contributed by atoms with van der Waals surface area (Å²) in [5.41, 5.74) is 6.64. The van der Waals surface area contributed by atoms with Gasteiger partial charge in [-0.25, -0.2) is 0 Å². The first-order chi connectivity index (χ1) is 13.3. The average Bonchev–Trinajstić information content (AvgIpc) is 2.71. The molecule has 0 radical (unpaired) electrons. The van der Waals surface area contributed by atoms with Crippen LogP contribution in [-0.2, 0) is 5.41 Å². The molecule has 0 spiro atoms. The Morgan fingerprint density at radius 2 is 1.22 bits per heavy atom. The van der Waals surface area contributed by atoms with E-state index in [0.717, 1.165) is 0 Å². The largest absolute Gasteiger partial charge is 0.0617 e. The van der Waals surface area contributed by atoms with Gasteiger partial charge in [0.05, 0.1) is 5.41 Å². The molecule has 0 heteroatoms. The molecular weight excluding hydrogens is 324 g/mol. The third kappa shape index (κ3) is 1.60. The summed E-state index contributed by atoms with van der Waals surface area (Å²) in [7, 11) is 0. The zero-order valence-electron chi connectivity index (χ0n) is 15.3. The minimum atomic E-state index is -0.196. The van der Waals surface area contributed by atoms with Crippen molar-refractivity contribution in [2.24, 2.45) is 5.41 Å². The third-order valence-corrected chi connectivity index (χ3v) is 6.95. The summed E-state index contributed by atoms with van der Waals surface area (Å²) in [6, 6.07) is 15.6. The second-order valence-corrected chi connectivity index (χ2v) is 7.94. The van der Waals surface area contributed by atoms with E-state index in [-0.39, 0.29) is 10.8 Å². The van der Waals surface area contributed by atoms with Gasteiger partial charge in [0.15, 0.2) is 0 Å². The van der Waals surface area contributed by atoms with Gasteiger partial charge in [0.2, 0.25) is 0 Å². The van der Waals surface area contributed by atoms with Gasteiger partial charge in [-0.15, -0.1) is 0 Å². The van der Waals surface area contributed by atoms with Gasteiger partial charge in [-0.2, -0.15) is 0 Å². The molecular formula is C27H20. The molecule has 2 unspecified atom stereocenters. The minimum absolute atomic E-state index is 0.110. The molecule has 0 nitrogen and oxygen atoms in total. The van der Waals surface area contributed by atoms with Crippen molar-refractivity contribution in [2.75, 3.05) is 0 Å². The van der Waals surface area contributed by atoms with Gasteiger partial charge in [-0.05, 0) is 45.6 Å². The summed E-state index contributed by atoms with van der Waals surface area (Å²) >= 11 is 0. The van der Waals surface area contributed by atoms with Crippen LogP contribution in [0.1, 0.15) is 12.5 Å². The van der Waals surface area contributed by atoms with E-state index >= 15 is 0 Å². The molecule has 27 heavy (non-hydrogen) atoms. The molecule has 0 amide bonds. The Balaban J connectivity index is 1.83. The zero-order chi connectivity index (χ0) is 18.1. The van der Waals surface area contributed by atoms with Crippen molar-refractivity contribution in [3.05, 3.63) is 131 Å². The maximum atomic E-state index is 2.43. The lowest BCUT2D eigenvalue weighted by Gasteiger charge is -2.58. The highest BCUT2D eigenvalue weighted by atomic mass is 14.6. The van der Waals surface area contributed by atoms with E-state index in [4.69, 9.17) is 0 Å². The van der Waals surface area contributed by atoms with Crippen LogP contribution in [0.2, 0.25) is 0 Å². The molecule has 2 aromatic rings. The normalized spacial score (nSPS) is 29.7. The Morgan fingerprint density at radius 1 is 0.593 bits per heavy atom. The summed E-state index contributed by atoms with van der Waals surface area (Å²) in [5.74, 6) is 0. The molecule has 0 saturated carbocycles. The maximum Gasteiger partial charge on any atom is 0.0591 e. The van der Waals surface area contributed by atoms with E-state index in [9.17, 15) is 0 Å². The Labute approximate surface area is 159 Å². The molecule has 128 valence electrons. The van der Waals surface area contributed by atoms with E-state index in [2.05, 4.69) is 110 Å². The highest BCUT2D eigenvalue weighted by Crippen LogP contribution is 2.66. The molecule has 0 aliphatic heterocycles. The number of fused-ring (bicyclic) bond motifs is 1. The Hall–Kier alpha value is -3.12. The summed E-state index contributed by atoms with van der Waals surface area (Å²) in [6.07, 6.45) is 22.9. The first-order valence-electron chi connectivity index (χ1n) is 9.63. The van der Waals surface area contributed by atoms with Crippen LogP contribution in [0.15, 0.2) is 126 Å². The molecule has 0 aromatic heterocycles. The molecule has 0 saturated heterocycles. The van der Waals surface area contributed by atoms with Gasteiger partial charge < -0.3 is 0 Å². The van der Waals surface area contributed by atoms with E-state index < -0.39 is 0 Å². The predicted molar refractivity (Wildman–Crippen MR) is 113 cm³/mol. The Kier molecular flexibility index (Phi) is 2.77. The molecule has 0 fully saturated rings. The average molecular weight is 344 g/mol. The van der Waals surface area contributed by atoms with Gasteiger partial charge in [0.25, 0.3) is 0 Å². The first kappa shape index (κ1) is 15.0. The van der Waals surface area contributed by atoms with Crippen molar-refractivity contribution in [1.29, 1.82) is 0 Å². The van der Waals surface area contributed by atoms with Crippen molar-refractivity contribution >= 4 is 10.8 Å². The van der Waals surface area contributed by atoms with Gasteiger partial charge in [-0.3, -0.25) is 0 Å². The standard InChI is InChI=1S/C27H20/c1-26-20-9-5-10-21(26)16-18-23-12-6-11-22(17-15-20)27(23,26)25-14-4-8-19-7-2-3-13-24(19)25/h2-18H,1H3. The van der Waals surface area contributed by atoms with E-state index in [1.54, 1.807) is 0 Å². The summed E-state index contributed by atoms with van der Waals surface area (Å²) in [5, 5.41) is 2.65. The van der Waals surface area contributed by atoms with Crippen LogP contribution in [0.3, 0.4) is 0 Å². The molecule has 6 rings (SSSR count). The summed E-state index contributed by atoms with van der Waals surface area (Å²) < 4.78 is 0. The van der Waals surface area contributed by atoms with Gasteiger partial charge in [-0.1, -0.05) is 103 Å². The van der Waals surface area contributed by atoms with Crippen molar-refractivity contribution in [2.45, 2.75) is 12.3 Å². The third-order valence-electron chi connectivity index (χ3n) is 6.95. The smallest absolute Gasteiger partial charge is 0.0591 e. The number of hydrogen-bond donors (Lipinski definition) is 0. The molecule has 2 atom stereocenters. The maximum absolute atomic E-state index is 2.43. The monoisotopic (exact) mass is 344 g/mol. The van der Waals surface area contributed by atoms with Crippen LogP contribution < -0.4 is 0 Å².